The lowest BCUT2D eigenvalue weighted by Gasteiger charge is -2.15. The highest BCUT2D eigenvalue weighted by Crippen LogP contribution is 2.31. The Morgan fingerprint density at radius 1 is 0.714 bits per heavy atom. The maximum absolute atomic E-state index is 11.8. The summed E-state index contributed by atoms with van der Waals surface area (Å²) < 4.78 is 0. The largest absolute Gasteiger partial charge is 0.388 e. The third kappa shape index (κ3) is 4.87. The summed E-state index contributed by atoms with van der Waals surface area (Å²) in [6.45, 7) is 0. The highest BCUT2D eigenvalue weighted by atomic mass is 16.6. The lowest BCUT2D eigenvalue weighted by atomic mass is 9.97. The fraction of sp³-hybridized carbons (Fsp3) is 0.143. The number of aliphatic hydroxyl groups is 2. The minimum Gasteiger partial charge on any atom is -0.388 e. The molecule has 0 spiro atoms. The molecule has 0 aliphatic heterocycles. The van der Waals surface area contributed by atoms with E-state index in [1.165, 1.54) is 12.1 Å². The van der Waals surface area contributed by atoms with Gasteiger partial charge in [0.1, 0.15) is 0 Å². The Hall–Kier alpha value is -4.20. The van der Waals surface area contributed by atoms with Crippen LogP contribution in [0.4, 0.5) is 5.69 Å². The molecule has 2 heterocycles. The number of pyridine rings is 2. The van der Waals surface area contributed by atoms with Crippen molar-refractivity contribution in [2.24, 2.45) is 0 Å². The molecule has 0 saturated heterocycles. The molecule has 0 bridgehead atoms. The predicted octanol–water partition coefficient (Wildman–Crippen LogP) is 5.24. The van der Waals surface area contributed by atoms with Crippen LogP contribution in [0, 0.1) is 10.1 Å². The maximum Gasteiger partial charge on any atom is 0.275 e. The van der Waals surface area contributed by atoms with E-state index in [2.05, 4.69) is 9.97 Å². The second-order valence-electron chi connectivity index (χ2n) is 8.51. The number of hydrogen-bond donors (Lipinski definition) is 2. The van der Waals surface area contributed by atoms with Crippen molar-refractivity contribution in [3.05, 3.63) is 124 Å². The highest BCUT2D eigenvalue weighted by molar-refractivity contribution is 5.79. The topological polar surface area (TPSA) is 109 Å². The molecular weight excluding hydrogens is 442 g/mol. The summed E-state index contributed by atoms with van der Waals surface area (Å²) in [6, 6.07) is 27.3. The molecule has 0 amide bonds. The number of aliphatic hydroxyl groups excluding tert-OH is 2. The van der Waals surface area contributed by atoms with Crippen molar-refractivity contribution in [1.82, 2.24) is 9.97 Å². The molecule has 2 N–H and O–H groups in total. The lowest BCUT2D eigenvalue weighted by molar-refractivity contribution is -0.386. The zero-order chi connectivity index (χ0) is 24.4. The first-order valence-electron chi connectivity index (χ1n) is 11.3. The van der Waals surface area contributed by atoms with Gasteiger partial charge in [0.05, 0.1) is 33.7 Å². The summed E-state index contributed by atoms with van der Waals surface area (Å²) in [7, 11) is 0. The fourth-order valence-corrected chi connectivity index (χ4v) is 4.28. The molecule has 7 nitrogen and oxygen atoms in total. The number of hydrogen-bond acceptors (Lipinski definition) is 6. The number of fused-ring (bicyclic) bond motifs is 2. The summed E-state index contributed by atoms with van der Waals surface area (Å²) in [6.07, 6.45) is -1.74. The molecule has 5 aromatic rings. The monoisotopic (exact) mass is 465 g/mol. The minimum absolute atomic E-state index is 0.134. The van der Waals surface area contributed by atoms with Crippen LogP contribution in [0.25, 0.3) is 21.8 Å². The average molecular weight is 466 g/mol. The van der Waals surface area contributed by atoms with Crippen LogP contribution in [-0.2, 0) is 12.8 Å². The molecular formula is C28H23N3O4. The fourth-order valence-electron chi connectivity index (χ4n) is 4.28. The summed E-state index contributed by atoms with van der Waals surface area (Å²) in [4.78, 5) is 20.4. The van der Waals surface area contributed by atoms with Gasteiger partial charge in [0, 0.05) is 41.1 Å². The smallest absolute Gasteiger partial charge is 0.275 e. The van der Waals surface area contributed by atoms with Crippen LogP contribution >= 0.6 is 0 Å². The van der Waals surface area contributed by atoms with Gasteiger partial charge >= 0.3 is 0 Å². The molecule has 35 heavy (non-hydrogen) atoms. The third-order valence-corrected chi connectivity index (χ3v) is 6.11. The molecule has 0 fully saturated rings. The number of nitro benzene ring substituents is 1. The van der Waals surface area contributed by atoms with Crippen molar-refractivity contribution in [2.75, 3.05) is 0 Å². The zero-order valence-corrected chi connectivity index (χ0v) is 18.8. The van der Waals surface area contributed by atoms with E-state index in [-0.39, 0.29) is 24.1 Å². The van der Waals surface area contributed by atoms with E-state index in [1.54, 1.807) is 6.07 Å². The maximum atomic E-state index is 11.8. The van der Waals surface area contributed by atoms with Gasteiger partial charge in [-0.2, -0.15) is 0 Å². The molecule has 174 valence electrons. The van der Waals surface area contributed by atoms with Crippen LogP contribution in [0.5, 0.6) is 0 Å². The van der Waals surface area contributed by atoms with Gasteiger partial charge < -0.3 is 10.2 Å². The molecule has 0 aliphatic rings. The third-order valence-electron chi connectivity index (χ3n) is 6.11. The second-order valence-corrected chi connectivity index (χ2v) is 8.51. The van der Waals surface area contributed by atoms with Crippen LogP contribution < -0.4 is 0 Å². The van der Waals surface area contributed by atoms with Crippen LogP contribution in [0.2, 0.25) is 0 Å². The van der Waals surface area contributed by atoms with Crippen molar-refractivity contribution >= 4 is 27.5 Å². The average Bonchev–Trinajstić information content (AvgIpc) is 2.88. The van der Waals surface area contributed by atoms with E-state index in [0.29, 0.717) is 17.0 Å². The SMILES string of the molecule is O=[N+]([O-])c1cc(C(O)Cc2ccc3ccccc3n2)ccc1C(O)Cc1ccc2ccccc2n1. The van der Waals surface area contributed by atoms with Crippen molar-refractivity contribution < 1.29 is 15.1 Å². The Kier molecular flexibility index (Phi) is 6.18. The molecule has 0 aliphatic carbocycles. The summed E-state index contributed by atoms with van der Waals surface area (Å²) in [5.74, 6) is 0. The van der Waals surface area contributed by atoms with E-state index in [4.69, 9.17) is 0 Å². The quantitative estimate of drug-likeness (QED) is 0.251. The van der Waals surface area contributed by atoms with Crippen molar-refractivity contribution in [2.45, 2.75) is 25.0 Å². The number of nitro groups is 1. The van der Waals surface area contributed by atoms with Crippen LogP contribution in [0.3, 0.4) is 0 Å². The Bertz CT molecular complexity index is 1540. The molecule has 3 aromatic carbocycles. The number of aromatic nitrogens is 2. The summed E-state index contributed by atoms with van der Waals surface area (Å²) >= 11 is 0. The van der Waals surface area contributed by atoms with Crippen LogP contribution in [0.1, 0.15) is 34.7 Å². The van der Waals surface area contributed by atoms with Gasteiger partial charge in [0.25, 0.3) is 5.69 Å². The number of benzene rings is 3. The van der Waals surface area contributed by atoms with Gasteiger partial charge in [-0.3, -0.25) is 20.1 Å². The molecule has 0 saturated carbocycles. The summed E-state index contributed by atoms with van der Waals surface area (Å²) in [5.41, 5.74) is 3.29. The number of rotatable bonds is 7. The Morgan fingerprint density at radius 2 is 1.26 bits per heavy atom. The predicted molar refractivity (Wildman–Crippen MR) is 134 cm³/mol. The van der Waals surface area contributed by atoms with E-state index in [0.717, 1.165) is 21.8 Å². The van der Waals surface area contributed by atoms with Gasteiger partial charge in [-0.1, -0.05) is 54.6 Å². The molecule has 2 atom stereocenters. The number of para-hydroxylation sites is 2. The highest BCUT2D eigenvalue weighted by Gasteiger charge is 2.24. The number of nitrogens with zero attached hydrogens (tertiary/aromatic N) is 3. The van der Waals surface area contributed by atoms with Crippen LogP contribution in [0.15, 0.2) is 91.0 Å². The standard InChI is InChI=1S/C28H23N3O4/c32-27(16-21-12-9-18-5-1-3-7-24(18)29-21)20-11-14-23(26(15-20)31(34)35)28(33)17-22-13-10-19-6-2-4-8-25(19)30-22/h1-15,27-28,32-33H,16-17H2. The minimum atomic E-state index is -1.11. The van der Waals surface area contributed by atoms with Crippen molar-refractivity contribution in [3.63, 3.8) is 0 Å². The lowest BCUT2D eigenvalue weighted by Crippen LogP contribution is -2.09. The first kappa shape index (κ1) is 22.6. The van der Waals surface area contributed by atoms with Gasteiger partial charge in [-0.15, -0.1) is 0 Å². The molecule has 5 rings (SSSR count). The Morgan fingerprint density at radius 3 is 1.83 bits per heavy atom. The van der Waals surface area contributed by atoms with E-state index >= 15 is 0 Å². The summed E-state index contributed by atoms with van der Waals surface area (Å²) in [5, 5.41) is 35.4. The normalized spacial score (nSPS) is 13.1. The Balaban J connectivity index is 1.37. The second kappa shape index (κ2) is 9.58. The van der Waals surface area contributed by atoms with E-state index in [9.17, 15) is 20.3 Å². The van der Waals surface area contributed by atoms with Gasteiger partial charge in [0.15, 0.2) is 0 Å². The molecule has 2 aromatic heterocycles. The molecule has 2 unspecified atom stereocenters. The Labute approximate surface area is 201 Å². The van der Waals surface area contributed by atoms with Gasteiger partial charge in [-0.05, 0) is 35.9 Å². The molecule has 0 radical (unpaired) electrons. The van der Waals surface area contributed by atoms with E-state index in [1.807, 2.05) is 72.8 Å². The van der Waals surface area contributed by atoms with Crippen LogP contribution in [-0.4, -0.2) is 25.1 Å². The first-order chi connectivity index (χ1) is 17.0. The van der Waals surface area contributed by atoms with E-state index < -0.39 is 17.1 Å². The van der Waals surface area contributed by atoms with Gasteiger partial charge in [-0.25, -0.2) is 0 Å². The molecule has 7 heteroatoms. The van der Waals surface area contributed by atoms with Crippen molar-refractivity contribution in [1.29, 1.82) is 0 Å². The van der Waals surface area contributed by atoms with Crippen molar-refractivity contribution in [3.8, 4) is 0 Å². The zero-order valence-electron chi connectivity index (χ0n) is 18.8. The first-order valence-corrected chi connectivity index (χ1v) is 11.3. The van der Waals surface area contributed by atoms with Gasteiger partial charge in [0.2, 0.25) is 0 Å².